The van der Waals surface area contributed by atoms with Crippen LogP contribution in [0.2, 0.25) is 0 Å². The minimum absolute atomic E-state index is 0.0893. The maximum absolute atomic E-state index is 11.0. The number of aliphatic hydroxyl groups is 1. The lowest BCUT2D eigenvalue weighted by molar-refractivity contribution is -0.836. The first-order valence-electron chi connectivity index (χ1n) is 13.0. The first-order chi connectivity index (χ1) is 15.1. The predicted octanol–water partition coefficient (Wildman–Crippen LogP) is 6.11. The molecule has 0 aromatic heterocycles. The summed E-state index contributed by atoms with van der Waals surface area (Å²) in [4.78, 5) is 15.7. The van der Waals surface area contributed by atoms with Gasteiger partial charge in [-0.2, -0.15) is 0 Å². The van der Waals surface area contributed by atoms with Gasteiger partial charge >= 0.3 is 5.97 Å². The second-order valence-electron chi connectivity index (χ2n) is 9.17. The molecule has 0 aromatic rings. The number of aliphatic hydroxyl groups excluding tert-OH is 1. The molecule has 0 aromatic carbocycles. The Morgan fingerprint density at radius 3 is 2.06 bits per heavy atom. The van der Waals surface area contributed by atoms with Crippen molar-refractivity contribution in [2.75, 3.05) is 32.8 Å². The molecule has 0 amide bonds. The Kier molecular flexibility index (Phi) is 16.5. The van der Waals surface area contributed by atoms with Crippen molar-refractivity contribution in [3.8, 4) is 0 Å². The van der Waals surface area contributed by atoms with Crippen LogP contribution in [0.15, 0.2) is 17.1 Å². The van der Waals surface area contributed by atoms with Crippen LogP contribution in [-0.4, -0.2) is 59.3 Å². The highest BCUT2D eigenvalue weighted by molar-refractivity contribution is 5.77. The number of nitrogens with zero attached hydrogens (tertiary/aromatic N) is 2. The number of quaternary nitrogens is 1. The number of hydrogen-bond donors (Lipinski definition) is 2. The molecule has 1 aliphatic heterocycles. The largest absolute Gasteiger partial charge is 0.481 e. The molecule has 0 bridgehead atoms. The third kappa shape index (κ3) is 13.1. The zero-order chi connectivity index (χ0) is 22.6. The van der Waals surface area contributed by atoms with Gasteiger partial charge in [0.2, 0.25) is 0 Å². The summed E-state index contributed by atoms with van der Waals surface area (Å²) in [6.45, 7) is 5.12. The molecule has 1 heterocycles. The van der Waals surface area contributed by atoms with Crippen LogP contribution in [0.25, 0.3) is 0 Å². The van der Waals surface area contributed by atoms with E-state index >= 15 is 0 Å². The van der Waals surface area contributed by atoms with Gasteiger partial charge in [0.15, 0.2) is 5.84 Å². The summed E-state index contributed by atoms with van der Waals surface area (Å²) in [6, 6.07) is 0. The molecule has 1 atom stereocenters. The van der Waals surface area contributed by atoms with Crippen molar-refractivity contribution in [2.45, 2.75) is 110 Å². The minimum Gasteiger partial charge on any atom is -0.481 e. The monoisotopic (exact) mass is 437 g/mol. The third-order valence-electron chi connectivity index (χ3n) is 6.56. The van der Waals surface area contributed by atoms with E-state index in [0.717, 1.165) is 31.8 Å². The van der Waals surface area contributed by atoms with E-state index in [0.29, 0.717) is 17.6 Å². The number of aliphatic carboxylic acids is 1. The number of hydrogen-bond acceptors (Lipinski definition) is 3. The van der Waals surface area contributed by atoms with Crippen molar-refractivity contribution in [1.29, 1.82) is 0 Å². The van der Waals surface area contributed by atoms with Gasteiger partial charge in [-0.25, -0.2) is 4.99 Å². The molecule has 0 radical (unpaired) electrons. The smallest absolute Gasteiger partial charge is 0.309 e. The second kappa shape index (κ2) is 18.4. The highest BCUT2D eigenvalue weighted by Crippen LogP contribution is 2.21. The molecule has 0 spiro atoms. The van der Waals surface area contributed by atoms with E-state index < -0.39 is 5.97 Å². The molecular weight excluding hydrogens is 388 g/mol. The quantitative estimate of drug-likeness (QED) is 0.129. The van der Waals surface area contributed by atoms with Crippen LogP contribution in [0, 0.1) is 0 Å². The molecule has 0 fully saturated rings. The molecule has 5 nitrogen and oxygen atoms in total. The van der Waals surface area contributed by atoms with Crippen LogP contribution >= 0.6 is 0 Å². The fourth-order valence-electron chi connectivity index (χ4n) is 4.59. The highest BCUT2D eigenvalue weighted by Gasteiger charge is 2.37. The Hall–Kier alpha value is -1.20. The molecule has 1 unspecified atom stereocenters. The maximum atomic E-state index is 11.0. The Bertz CT molecular complexity index is 519. The minimum atomic E-state index is -0.765. The topological polar surface area (TPSA) is 69.9 Å². The van der Waals surface area contributed by atoms with Crippen LogP contribution in [0.5, 0.6) is 0 Å². The SMILES string of the molecule is CCCCCCCC/C=C\CCCCCCCCC1=NCC[N+]1(CCO)CCC(=O)O. The third-order valence-corrected chi connectivity index (χ3v) is 6.56. The molecule has 180 valence electrons. The van der Waals surface area contributed by atoms with Gasteiger partial charge < -0.3 is 10.2 Å². The van der Waals surface area contributed by atoms with Crippen molar-refractivity contribution < 1.29 is 19.5 Å². The summed E-state index contributed by atoms with van der Waals surface area (Å²) in [5.74, 6) is 0.352. The van der Waals surface area contributed by atoms with Gasteiger partial charge in [-0.1, -0.05) is 76.9 Å². The number of rotatable bonds is 21. The van der Waals surface area contributed by atoms with Crippen LogP contribution in [-0.2, 0) is 4.79 Å². The summed E-state index contributed by atoms with van der Waals surface area (Å²) >= 11 is 0. The summed E-state index contributed by atoms with van der Waals surface area (Å²) in [6.07, 6.45) is 24.1. The van der Waals surface area contributed by atoms with E-state index in [2.05, 4.69) is 24.1 Å². The summed E-state index contributed by atoms with van der Waals surface area (Å²) in [7, 11) is 0. The van der Waals surface area contributed by atoms with Gasteiger partial charge in [0.25, 0.3) is 0 Å². The first kappa shape index (κ1) is 27.8. The lowest BCUT2D eigenvalue weighted by Gasteiger charge is -2.34. The molecule has 1 rings (SSSR count). The number of aliphatic imine (C=N–C) groups is 1. The van der Waals surface area contributed by atoms with Gasteiger partial charge in [0, 0.05) is 6.42 Å². The first-order valence-corrected chi connectivity index (χ1v) is 13.0. The van der Waals surface area contributed by atoms with E-state index in [1.807, 2.05) is 0 Å². The zero-order valence-electron chi connectivity index (χ0n) is 20.2. The van der Waals surface area contributed by atoms with Gasteiger partial charge in [-0.05, 0) is 32.1 Å². The average Bonchev–Trinajstić information content (AvgIpc) is 3.15. The van der Waals surface area contributed by atoms with E-state index in [-0.39, 0.29) is 13.0 Å². The van der Waals surface area contributed by atoms with Crippen molar-refractivity contribution in [1.82, 2.24) is 0 Å². The molecule has 31 heavy (non-hydrogen) atoms. The van der Waals surface area contributed by atoms with E-state index in [1.165, 1.54) is 83.5 Å². The van der Waals surface area contributed by atoms with E-state index in [1.54, 1.807) is 0 Å². The average molecular weight is 438 g/mol. The molecule has 0 saturated carbocycles. The van der Waals surface area contributed by atoms with Crippen LogP contribution in [0.1, 0.15) is 110 Å². The number of amidine groups is 1. The fraction of sp³-hybridized carbons (Fsp3) is 0.846. The lowest BCUT2D eigenvalue weighted by atomic mass is 10.1. The van der Waals surface area contributed by atoms with Crippen LogP contribution in [0.3, 0.4) is 0 Å². The fourth-order valence-corrected chi connectivity index (χ4v) is 4.59. The molecule has 1 aliphatic rings. The summed E-state index contributed by atoms with van der Waals surface area (Å²) in [5.41, 5.74) is 0. The molecular formula is C26H49N2O3+. The maximum Gasteiger partial charge on any atom is 0.309 e. The van der Waals surface area contributed by atoms with Crippen molar-refractivity contribution >= 4 is 11.8 Å². The van der Waals surface area contributed by atoms with Crippen molar-refractivity contribution in [3.05, 3.63) is 12.2 Å². The van der Waals surface area contributed by atoms with Gasteiger partial charge in [-0.15, -0.1) is 0 Å². The van der Waals surface area contributed by atoms with Crippen LogP contribution < -0.4 is 0 Å². The highest BCUT2D eigenvalue weighted by atomic mass is 16.4. The molecule has 0 aliphatic carbocycles. The molecule has 5 heteroatoms. The molecule has 2 N–H and O–H groups in total. The summed E-state index contributed by atoms with van der Waals surface area (Å²) < 4.78 is 0.591. The lowest BCUT2D eigenvalue weighted by Crippen LogP contribution is -2.53. The van der Waals surface area contributed by atoms with Gasteiger partial charge in [0.1, 0.15) is 13.1 Å². The second-order valence-corrected chi connectivity index (χ2v) is 9.17. The van der Waals surface area contributed by atoms with Crippen molar-refractivity contribution in [3.63, 3.8) is 0 Å². The number of carbonyl (C=O) groups is 1. The van der Waals surface area contributed by atoms with Gasteiger partial charge in [-0.3, -0.25) is 9.28 Å². The number of allylic oxidation sites excluding steroid dienone is 2. The zero-order valence-corrected chi connectivity index (χ0v) is 20.2. The predicted molar refractivity (Wildman–Crippen MR) is 131 cm³/mol. The Labute approximate surface area is 191 Å². The number of carboxylic acid groups (broad SMARTS) is 1. The van der Waals surface area contributed by atoms with Crippen LogP contribution in [0.4, 0.5) is 0 Å². The van der Waals surface area contributed by atoms with E-state index in [9.17, 15) is 9.90 Å². The summed E-state index contributed by atoms with van der Waals surface area (Å²) in [5, 5.41) is 18.5. The number of carboxylic acids is 1. The van der Waals surface area contributed by atoms with Crippen molar-refractivity contribution in [2.24, 2.45) is 4.99 Å². The Balaban J connectivity index is 2.03. The number of unbranched alkanes of at least 4 members (excludes halogenated alkanes) is 12. The standard InChI is InChI=1S/C26H48N2O3/c1-2-3-4-5-6-7-8-9-10-11-12-13-14-15-16-17-18-25-27-20-22-28(25,23-24-29)21-19-26(30)31/h9-10,29H,2-8,11-24H2,1H3/p+1/b10-9-. The normalized spacial score (nSPS) is 18.7. The van der Waals surface area contributed by atoms with Gasteiger partial charge in [0.05, 0.1) is 26.1 Å². The Morgan fingerprint density at radius 1 is 0.903 bits per heavy atom. The molecule has 0 saturated heterocycles. The van der Waals surface area contributed by atoms with E-state index in [4.69, 9.17) is 5.11 Å². The Morgan fingerprint density at radius 2 is 1.48 bits per heavy atom.